The SMILES string of the molecule is CCOC(=O)[C@@H]1CCCN(C(=O)c2cc3sccc3n2Cc2ccccc2C)C1. The average Bonchev–Trinajstić information content (AvgIpc) is 3.32. The quantitative estimate of drug-likeness (QED) is 0.583. The number of likely N-dealkylation sites (tertiary alicyclic amines) is 1. The van der Waals surface area contributed by atoms with Crippen LogP contribution in [0.25, 0.3) is 10.2 Å². The minimum absolute atomic E-state index is 0.00372. The molecule has 152 valence electrons. The lowest BCUT2D eigenvalue weighted by molar-refractivity contribution is -0.149. The van der Waals surface area contributed by atoms with Crippen LogP contribution in [-0.4, -0.2) is 41.0 Å². The molecule has 1 fully saturated rings. The number of ether oxygens (including phenoxy) is 1. The number of aryl methyl sites for hydroxylation is 1. The summed E-state index contributed by atoms with van der Waals surface area (Å²) in [5, 5.41) is 2.06. The fourth-order valence-corrected chi connectivity index (χ4v) is 4.88. The second kappa shape index (κ2) is 8.41. The van der Waals surface area contributed by atoms with Crippen molar-refractivity contribution in [1.29, 1.82) is 0 Å². The topological polar surface area (TPSA) is 51.5 Å². The maximum Gasteiger partial charge on any atom is 0.310 e. The van der Waals surface area contributed by atoms with Crippen molar-refractivity contribution in [3.05, 3.63) is 58.6 Å². The van der Waals surface area contributed by atoms with Crippen LogP contribution in [0.1, 0.15) is 41.4 Å². The van der Waals surface area contributed by atoms with Gasteiger partial charge in [-0.2, -0.15) is 0 Å². The molecule has 0 bridgehead atoms. The number of benzene rings is 1. The number of carbonyl (C=O) groups is 2. The molecule has 0 radical (unpaired) electrons. The van der Waals surface area contributed by atoms with E-state index < -0.39 is 0 Å². The first kappa shape index (κ1) is 19.7. The number of hydrogen-bond donors (Lipinski definition) is 0. The molecule has 1 amide bonds. The molecule has 0 aliphatic carbocycles. The van der Waals surface area contributed by atoms with Gasteiger partial charge in [0, 0.05) is 19.6 Å². The van der Waals surface area contributed by atoms with Gasteiger partial charge in [-0.25, -0.2) is 0 Å². The minimum Gasteiger partial charge on any atom is -0.466 e. The van der Waals surface area contributed by atoms with Gasteiger partial charge in [0.05, 0.1) is 22.7 Å². The molecule has 3 aromatic rings. The molecule has 29 heavy (non-hydrogen) atoms. The highest BCUT2D eigenvalue weighted by Crippen LogP contribution is 2.29. The van der Waals surface area contributed by atoms with E-state index in [-0.39, 0.29) is 17.8 Å². The Morgan fingerprint density at radius 3 is 2.86 bits per heavy atom. The fraction of sp³-hybridized carbons (Fsp3) is 0.391. The Kier molecular flexibility index (Phi) is 5.72. The van der Waals surface area contributed by atoms with Crippen LogP contribution in [0.4, 0.5) is 0 Å². The highest BCUT2D eigenvalue weighted by molar-refractivity contribution is 7.17. The molecule has 1 saturated heterocycles. The Labute approximate surface area is 174 Å². The zero-order valence-electron chi connectivity index (χ0n) is 16.9. The summed E-state index contributed by atoms with van der Waals surface area (Å²) in [5.74, 6) is -0.425. The highest BCUT2D eigenvalue weighted by Gasteiger charge is 2.31. The lowest BCUT2D eigenvalue weighted by Crippen LogP contribution is -2.43. The third-order valence-electron chi connectivity index (χ3n) is 5.66. The zero-order chi connectivity index (χ0) is 20.4. The first-order valence-corrected chi connectivity index (χ1v) is 11.0. The molecule has 3 heterocycles. The number of aromatic nitrogens is 1. The van der Waals surface area contributed by atoms with E-state index in [0.29, 0.717) is 31.9 Å². The van der Waals surface area contributed by atoms with Gasteiger partial charge in [-0.15, -0.1) is 11.3 Å². The average molecular weight is 411 g/mol. The van der Waals surface area contributed by atoms with Crippen molar-refractivity contribution in [2.45, 2.75) is 33.2 Å². The molecule has 6 heteroatoms. The van der Waals surface area contributed by atoms with Crippen LogP contribution in [0.5, 0.6) is 0 Å². The van der Waals surface area contributed by atoms with Crippen LogP contribution in [-0.2, 0) is 16.1 Å². The monoisotopic (exact) mass is 410 g/mol. The number of hydrogen-bond acceptors (Lipinski definition) is 4. The number of fused-ring (bicyclic) bond motifs is 1. The molecule has 1 atom stereocenters. The molecule has 5 nitrogen and oxygen atoms in total. The van der Waals surface area contributed by atoms with Gasteiger partial charge in [-0.1, -0.05) is 24.3 Å². The third-order valence-corrected chi connectivity index (χ3v) is 6.51. The number of nitrogens with zero attached hydrogens (tertiary/aromatic N) is 2. The predicted octanol–water partition coefficient (Wildman–Crippen LogP) is 4.47. The molecular formula is C23H26N2O3S. The van der Waals surface area contributed by atoms with Gasteiger partial charge >= 0.3 is 5.97 Å². The van der Waals surface area contributed by atoms with Crippen LogP contribution in [0.2, 0.25) is 0 Å². The summed E-state index contributed by atoms with van der Waals surface area (Å²) in [5.41, 5.74) is 4.19. The molecule has 0 unspecified atom stereocenters. The number of amides is 1. The number of rotatable bonds is 5. The molecule has 4 rings (SSSR count). The second-order valence-corrected chi connectivity index (χ2v) is 8.50. The van der Waals surface area contributed by atoms with E-state index in [1.54, 1.807) is 11.3 Å². The molecule has 1 aromatic carbocycles. The number of carbonyl (C=O) groups excluding carboxylic acids is 2. The standard InChI is InChI=1S/C23H26N2O3S/c1-3-28-23(27)18-9-6-11-24(14-18)22(26)20-13-21-19(10-12-29-21)25(20)15-17-8-5-4-7-16(17)2/h4-5,7-8,10,12-13,18H,3,6,9,11,14-15H2,1-2H3/t18-/m1/s1. The Bertz CT molecular complexity index is 1040. The van der Waals surface area contributed by atoms with Gasteiger partial charge in [0.1, 0.15) is 5.69 Å². The lowest BCUT2D eigenvalue weighted by Gasteiger charge is -2.31. The van der Waals surface area contributed by atoms with E-state index in [9.17, 15) is 9.59 Å². The summed E-state index contributed by atoms with van der Waals surface area (Å²) < 4.78 is 8.41. The Hall–Kier alpha value is -2.60. The highest BCUT2D eigenvalue weighted by atomic mass is 32.1. The Morgan fingerprint density at radius 1 is 1.24 bits per heavy atom. The lowest BCUT2D eigenvalue weighted by atomic mass is 9.98. The van der Waals surface area contributed by atoms with Crippen molar-refractivity contribution in [3.8, 4) is 0 Å². The van der Waals surface area contributed by atoms with E-state index in [2.05, 4.69) is 35.1 Å². The van der Waals surface area contributed by atoms with Crippen molar-refractivity contribution in [2.24, 2.45) is 5.92 Å². The predicted molar refractivity (Wildman–Crippen MR) is 115 cm³/mol. The van der Waals surface area contributed by atoms with Crippen LogP contribution >= 0.6 is 11.3 Å². The summed E-state index contributed by atoms with van der Waals surface area (Å²) >= 11 is 1.65. The summed E-state index contributed by atoms with van der Waals surface area (Å²) in [7, 11) is 0. The molecule has 2 aromatic heterocycles. The second-order valence-electron chi connectivity index (χ2n) is 7.55. The molecular weight excluding hydrogens is 384 g/mol. The third kappa shape index (κ3) is 3.94. The summed E-state index contributed by atoms with van der Waals surface area (Å²) in [6, 6.07) is 12.3. The summed E-state index contributed by atoms with van der Waals surface area (Å²) in [6.07, 6.45) is 1.60. The zero-order valence-corrected chi connectivity index (χ0v) is 17.7. The van der Waals surface area contributed by atoms with Crippen LogP contribution < -0.4 is 0 Å². The van der Waals surface area contributed by atoms with Crippen molar-refractivity contribution in [2.75, 3.05) is 19.7 Å². The minimum atomic E-state index is -0.228. The molecule has 0 saturated carbocycles. The summed E-state index contributed by atoms with van der Waals surface area (Å²) in [4.78, 5) is 27.4. The van der Waals surface area contributed by atoms with E-state index in [1.807, 2.05) is 30.0 Å². The van der Waals surface area contributed by atoms with Crippen molar-refractivity contribution in [1.82, 2.24) is 9.47 Å². The first-order chi connectivity index (χ1) is 14.1. The smallest absolute Gasteiger partial charge is 0.310 e. The van der Waals surface area contributed by atoms with Crippen molar-refractivity contribution < 1.29 is 14.3 Å². The number of esters is 1. The Morgan fingerprint density at radius 2 is 2.07 bits per heavy atom. The number of piperidine rings is 1. The van der Waals surface area contributed by atoms with Gasteiger partial charge in [-0.05, 0) is 55.3 Å². The molecule has 0 spiro atoms. The van der Waals surface area contributed by atoms with Gasteiger partial charge < -0.3 is 14.2 Å². The van der Waals surface area contributed by atoms with Crippen LogP contribution in [0, 0.1) is 12.8 Å². The van der Waals surface area contributed by atoms with Gasteiger partial charge in [0.2, 0.25) is 0 Å². The van der Waals surface area contributed by atoms with Crippen LogP contribution in [0.15, 0.2) is 41.8 Å². The maximum atomic E-state index is 13.4. The van der Waals surface area contributed by atoms with E-state index in [0.717, 1.165) is 23.1 Å². The van der Waals surface area contributed by atoms with E-state index >= 15 is 0 Å². The maximum absolute atomic E-state index is 13.4. The Balaban J connectivity index is 1.63. The van der Waals surface area contributed by atoms with Gasteiger partial charge in [0.15, 0.2) is 0 Å². The first-order valence-electron chi connectivity index (χ1n) is 10.2. The van der Waals surface area contributed by atoms with Gasteiger partial charge in [0.25, 0.3) is 5.91 Å². The van der Waals surface area contributed by atoms with Gasteiger partial charge in [-0.3, -0.25) is 9.59 Å². The van der Waals surface area contributed by atoms with E-state index in [1.165, 1.54) is 11.1 Å². The number of thiophene rings is 1. The normalized spacial score (nSPS) is 16.9. The molecule has 0 N–H and O–H groups in total. The molecule has 1 aliphatic heterocycles. The fourth-order valence-electron chi connectivity index (χ4n) is 4.06. The van der Waals surface area contributed by atoms with E-state index in [4.69, 9.17) is 4.74 Å². The van der Waals surface area contributed by atoms with Crippen molar-refractivity contribution in [3.63, 3.8) is 0 Å². The summed E-state index contributed by atoms with van der Waals surface area (Å²) in [6.45, 7) is 6.05. The van der Waals surface area contributed by atoms with Crippen molar-refractivity contribution >= 4 is 33.4 Å². The largest absolute Gasteiger partial charge is 0.466 e. The molecule has 1 aliphatic rings. The van der Waals surface area contributed by atoms with Crippen LogP contribution in [0.3, 0.4) is 0 Å².